The molecule has 0 aliphatic carbocycles. The second-order valence-electron chi connectivity index (χ2n) is 7.24. The van der Waals surface area contributed by atoms with Crippen molar-refractivity contribution in [1.29, 1.82) is 0 Å². The quantitative estimate of drug-likeness (QED) is 0.494. The molecular formula is C21H21F3N4O4. The Hall–Kier alpha value is -3.73. The van der Waals surface area contributed by atoms with Gasteiger partial charge >= 0.3 is 6.09 Å². The van der Waals surface area contributed by atoms with Crippen molar-refractivity contribution in [2.24, 2.45) is 0 Å². The maximum Gasteiger partial charge on any atom is 0.407 e. The van der Waals surface area contributed by atoms with Crippen molar-refractivity contribution >= 4 is 28.4 Å². The average Bonchev–Trinajstić information content (AvgIpc) is 2.73. The van der Waals surface area contributed by atoms with Crippen LogP contribution in [0.2, 0.25) is 0 Å². The molecule has 0 radical (unpaired) electrons. The number of nitrogens with two attached hydrogens (primary N) is 2. The number of carbonyl (C=O) groups is 1. The molecule has 1 amide bonds. The number of ether oxygens (including phenoxy) is 1. The molecule has 0 aliphatic heterocycles. The molecule has 0 spiro atoms. The van der Waals surface area contributed by atoms with Gasteiger partial charge in [-0.15, -0.1) is 0 Å². The summed E-state index contributed by atoms with van der Waals surface area (Å²) in [6.45, 7) is -0.0104. The normalized spacial score (nSPS) is 11.2. The fourth-order valence-electron chi connectivity index (χ4n) is 2.93. The van der Waals surface area contributed by atoms with Gasteiger partial charge in [-0.25, -0.2) is 18.0 Å². The van der Waals surface area contributed by atoms with E-state index in [9.17, 15) is 18.4 Å². The highest BCUT2D eigenvalue weighted by atomic mass is 19.1. The number of rotatable bonds is 6. The molecular weight excluding hydrogens is 429 g/mol. The zero-order valence-corrected chi connectivity index (χ0v) is 17.3. The van der Waals surface area contributed by atoms with Gasteiger partial charge in [-0.2, -0.15) is 0 Å². The number of halogens is 3. The summed E-state index contributed by atoms with van der Waals surface area (Å²) in [6.07, 6.45) is -0.892. The van der Waals surface area contributed by atoms with E-state index in [4.69, 9.17) is 20.6 Å². The minimum atomic E-state index is -1.26. The van der Waals surface area contributed by atoms with Crippen LogP contribution in [0.5, 0.6) is 0 Å². The van der Waals surface area contributed by atoms with Gasteiger partial charge < -0.3 is 30.8 Å². The van der Waals surface area contributed by atoms with Gasteiger partial charge in [-0.1, -0.05) is 0 Å². The third-order valence-electron chi connectivity index (χ3n) is 4.64. The fourth-order valence-corrected chi connectivity index (χ4v) is 2.93. The lowest BCUT2D eigenvalue weighted by Crippen LogP contribution is -2.31. The second-order valence-corrected chi connectivity index (χ2v) is 7.24. The molecule has 0 saturated carbocycles. The molecule has 1 heterocycles. The van der Waals surface area contributed by atoms with Gasteiger partial charge in [0.25, 0.3) is 0 Å². The molecule has 0 saturated heterocycles. The Kier molecular flexibility index (Phi) is 6.58. The number of likely N-dealkylation sites (N-methyl/N-ethyl adjacent to an activating group) is 1. The third kappa shape index (κ3) is 4.62. The summed E-state index contributed by atoms with van der Waals surface area (Å²) in [5, 5.41) is 1.91. The highest BCUT2D eigenvalue weighted by Crippen LogP contribution is 2.32. The van der Waals surface area contributed by atoms with Gasteiger partial charge in [0, 0.05) is 24.7 Å². The average molecular weight is 450 g/mol. The van der Waals surface area contributed by atoms with Gasteiger partial charge in [0.2, 0.25) is 0 Å². The SMILES string of the molecule is CN(C)CCNC(=O)OCc1c(F)c(N)c2c(=O)cc(-c3ccc(N)c(F)c3)oc2c1F. The Morgan fingerprint density at radius 2 is 1.88 bits per heavy atom. The first-order valence-corrected chi connectivity index (χ1v) is 9.44. The molecule has 1 aromatic heterocycles. The van der Waals surface area contributed by atoms with Crippen molar-refractivity contribution in [3.05, 3.63) is 57.5 Å². The van der Waals surface area contributed by atoms with Gasteiger partial charge in [-0.3, -0.25) is 4.79 Å². The lowest BCUT2D eigenvalue weighted by Gasteiger charge is -2.13. The van der Waals surface area contributed by atoms with Crippen molar-refractivity contribution in [1.82, 2.24) is 10.2 Å². The van der Waals surface area contributed by atoms with Gasteiger partial charge in [0.15, 0.2) is 22.6 Å². The molecule has 170 valence electrons. The molecule has 0 fully saturated rings. The molecule has 5 N–H and O–H groups in total. The van der Waals surface area contributed by atoms with Crippen LogP contribution in [0.25, 0.3) is 22.3 Å². The molecule has 0 atom stereocenters. The summed E-state index contributed by atoms with van der Waals surface area (Å²) in [4.78, 5) is 26.1. The molecule has 0 unspecified atom stereocenters. The summed E-state index contributed by atoms with van der Waals surface area (Å²) >= 11 is 0. The Balaban J connectivity index is 1.99. The highest BCUT2D eigenvalue weighted by molar-refractivity contribution is 5.91. The fraction of sp³-hybridized carbons (Fsp3) is 0.238. The highest BCUT2D eigenvalue weighted by Gasteiger charge is 2.24. The third-order valence-corrected chi connectivity index (χ3v) is 4.64. The van der Waals surface area contributed by atoms with E-state index in [2.05, 4.69) is 5.32 Å². The summed E-state index contributed by atoms with van der Waals surface area (Å²) in [7, 11) is 3.60. The van der Waals surface area contributed by atoms with Crippen molar-refractivity contribution in [3.8, 4) is 11.3 Å². The van der Waals surface area contributed by atoms with Crippen LogP contribution in [-0.4, -0.2) is 38.2 Å². The zero-order valence-electron chi connectivity index (χ0n) is 17.3. The van der Waals surface area contributed by atoms with Crippen molar-refractivity contribution < 1.29 is 27.1 Å². The molecule has 3 aromatic rings. The first-order valence-electron chi connectivity index (χ1n) is 9.44. The number of fused-ring (bicyclic) bond motifs is 1. The second kappa shape index (κ2) is 9.18. The van der Waals surface area contributed by atoms with Gasteiger partial charge in [0.1, 0.15) is 18.2 Å². The Bertz CT molecular complexity index is 1240. The van der Waals surface area contributed by atoms with Crippen molar-refractivity contribution in [2.75, 3.05) is 38.7 Å². The van der Waals surface area contributed by atoms with Crippen LogP contribution in [0.3, 0.4) is 0 Å². The van der Waals surface area contributed by atoms with Crippen LogP contribution in [0.4, 0.5) is 29.3 Å². The van der Waals surface area contributed by atoms with Gasteiger partial charge in [0.05, 0.1) is 22.3 Å². The predicted molar refractivity (Wildman–Crippen MR) is 113 cm³/mol. The van der Waals surface area contributed by atoms with Crippen LogP contribution >= 0.6 is 0 Å². The van der Waals surface area contributed by atoms with Crippen molar-refractivity contribution in [3.63, 3.8) is 0 Å². The Morgan fingerprint density at radius 1 is 1.16 bits per heavy atom. The molecule has 0 aliphatic rings. The minimum Gasteiger partial charge on any atom is -0.453 e. The Labute approximate surface area is 180 Å². The minimum absolute atomic E-state index is 0.107. The number of benzene rings is 2. The van der Waals surface area contributed by atoms with Crippen LogP contribution in [0, 0.1) is 17.5 Å². The molecule has 8 nitrogen and oxygen atoms in total. The number of alkyl carbamates (subject to hydrolysis) is 1. The van der Waals surface area contributed by atoms with E-state index in [1.54, 1.807) is 14.1 Å². The summed E-state index contributed by atoms with van der Waals surface area (Å²) in [5.74, 6) is -3.45. The van der Waals surface area contributed by atoms with Crippen molar-refractivity contribution in [2.45, 2.75) is 6.61 Å². The summed E-state index contributed by atoms with van der Waals surface area (Å²) in [6, 6.07) is 4.57. The van der Waals surface area contributed by atoms with E-state index in [1.807, 2.05) is 4.90 Å². The first-order chi connectivity index (χ1) is 15.1. The molecule has 2 aromatic carbocycles. The zero-order chi connectivity index (χ0) is 23.6. The number of nitrogen functional groups attached to an aromatic ring is 2. The van der Waals surface area contributed by atoms with Gasteiger partial charge in [-0.05, 0) is 32.3 Å². The standard InChI is InChI=1S/C21H21F3N4O4/c1-28(2)6-5-27-21(30)31-9-11-17(23)19(26)16-14(29)8-15(32-20(16)18(11)24)10-3-4-13(25)12(22)7-10/h3-4,7-8H,5-6,9,25-26H2,1-2H3,(H,27,30). The number of hydrogen-bond acceptors (Lipinski definition) is 7. The predicted octanol–water partition coefficient (Wildman–Crippen LogP) is 2.83. The number of carbonyl (C=O) groups excluding carboxylic acids is 1. The van der Waals surface area contributed by atoms with E-state index in [-0.39, 0.29) is 23.6 Å². The maximum absolute atomic E-state index is 15.1. The van der Waals surface area contributed by atoms with Crippen LogP contribution in [-0.2, 0) is 11.3 Å². The van der Waals surface area contributed by atoms with E-state index < -0.39 is 57.8 Å². The molecule has 32 heavy (non-hydrogen) atoms. The lowest BCUT2D eigenvalue weighted by atomic mass is 10.1. The molecule has 3 rings (SSSR count). The number of nitrogens with zero attached hydrogens (tertiary/aromatic N) is 1. The summed E-state index contributed by atoms with van der Waals surface area (Å²) < 4.78 is 53.9. The van der Waals surface area contributed by atoms with E-state index in [1.165, 1.54) is 12.1 Å². The summed E-state index contributed by atoms with van der Waals surface area (Å²) in [5.41, 5.74) is 8.30. The van der Waals surface area contributed by atoms with Crippen LogP contribution in [0.1, 0.15) is 5.56 Å². The van der Waals surface area contributed by atoms with Crippen LogP contribution in [0.15, 0.2) is 33.5 Å². The smallest absolute Gasteiger partial charge is 0.407 e. The van der Waals surface area contributed by atoms with E-state index in [0.717, 1.165) is 12.1 Å². The molecule has 0 bridgehead atoms. The number of anilines is 2. The number of hydrogen-bond donors (Lipinski definition) is 3. The number of amides is 1. The largest absolute Gasteiger partial charge is 0.453 e. The monoisotopic (exact) mass is 450 g/mol. The molecule has 11 heteroatoms. The van der Waals surface area contributed by atoms with E-state index in [0.29, 0.717) is 6.54 Å². The van der Waals surface area contributed by atoms with E-state index >= 15 is 4.39 Å². The Morgan fingerprint density at radius 3 is 2.53 bits per heavy atom. The topological polar surface area (TPSA) is 124 Å². The number of nitrogens with one attached hydrogen (secondary N) is 1. The van der Waals surface area contributed by atoms with Crippen LogP contribution < -0.4 is 22.2 Å². The first kappa shape index (κ1) is 22.9. The maximum atomic E-state index is 15.1. The lowest BCUT2D eigenvalue weighted by molar-refractivity contribution is 0.136.